The fraction of sp³-hybridized carbons (Fsp3) is 0.822. The monoisotopic (exact) mass is 686 g/mol. The molecule has 50 heavy (non-hydrogen) atoms. The summed E-state index contributed by atoms with van der Waals surface area (Å²) in [7, 11) is 0. The van der Waals surface area contributed by atoms with Gasteiger partial charge in [0.05, 0.1) is 6.07 Å². The molecule has 0 saturated heterocycles. The first-order chi connectivity index (χ1) is 23.6. The average molecular weight is 686 g/mol. The van der Waals surface area contributed by atoms with Crippen LogP contribution in [0.25, 0.3) is 0 Å². The molecule has 0 aliphatic heterocycles. The highest BCUT2D eigenvalue weighted by Gasteiger charge is 2.70. The van der Waals surface area contributed by atoms with E-state index in [4.69, 9.17) is 0 Å². The van der Waals surface area contributed by atoms with Crippen molar-refractivity contribution in [3.8, 4) is 6.07 Å². The summed E-state index contributed by atoms with van der Waals surface area (Å²) >= 11 is 0. The number of carboxylic acid groups (broad SMARTS) is 1. The summed E-state index contributed by atoms with van der Waals surface area (Å²) in [5.74, 6) is 2.39. The van der Waals surface area contributed by atoms with Crippen molar-refractivity contribution >= 4 is 5.97 Å². The topological polar surface area (TPSA) is 76.4 Å². The van der Waals surface area contributed by atoms with Crippen LogP contribution in [0.4, 0.5) is 0 Å². The summed E-state index contributed by atoms with van der Waals surface area (Å²) in [5.41, 5.74) is 4.08. The van der Waals surface area contributed by atoms with E-state index in [2.05, 4.69) is 90.4 Å². The quantitative estimate of drug-likeness (QED) is 0.212. The van der Waals surface area contributed by atoms with E-state index in [0.717, 1.165) is 25.4 Å². The molecule has 6 aliphatic carbocycles. The van der Waals surface area contributed by atoms with E-state index in [0.29, 0.717) is 53.8 Å². The molecule has 1 unspecified atom stereocenters. The molecule has 2 N–H and O–H groups in total. The standard InChI is InChI=1S/C45H71N3O2/c1-10-27-48(28-11-2)29-26-47-45-23-16-33(31(3)4)38(45)35-12-13-37-41(7)19-17-34(32-14-21-44(30-46,22-15-32)39(49)50)40(5,6)36(41)18-20-43(37,9)42(35,8)24-25-45/h14,17,33,35-38,47H,3,10-13,15-16,18-29H2,1-2,4-9H3,(H,49,50)/t33-,35+,36-,37+,38+,41-,42+,43+,44?,45-/m0/s1. The Labute approximate surface area is 305 Å². The van der Waals surface area contributed by atoms with Gasteiger partial charge >= 0.3 is 5.97 Å². The summed E-state index contributed by atoms with van der Waals surface area (Å²) < 4.78 is 0. The van der Waals surface area contributed by atoms with E-state index < -0.39 is 11.4 Å². The van der Waals surface area contributed by atoms with Crippen LogP contribution in [0.1, 0.15) is 145 Å². The summed E-state index contributed by atoms with van der Waals surface area (Å²) in [4.78, 5) is 14.7. The maximum atomic E-state index is 12.0. The van der Waals surface area contributed by atoms with Crippen LogP contribution in [0.15, 0.2) is 35.5 Å². The Morgan fingerprint density at radius 1 is 0.920 bits per heavy atom. The maximum Gasteiger partial charge on any atom is 0.324 e. The summed E-state index contributed by atoms with van der Waals surface area (Å²) in [6, 6.07) is 2.15. The minimum atomic E-state index is -1.27. The molecule has 0 radical (unpaired) electrons. The molecule has 5 nitrogen and oxygen atoms in total. The van der Waals surface area contributed by atoms with Crippen LogP contribution in [0.5, 0.6) is 0 Å². The van der Waals surface area contributed by atoms with Gasteiger partial charge in [-0.1, -0.05) is 72.8 Å². The van der Waals surface area contributed by atoms with E-state index in [-0.39, 0.29) is 16.4 Å². The number of fused-ring (bicyclic) bond motifs is 7. The van der Waals surface area contributed by atoms with Gasteiger partial charge in [-0.15, -0.1) is 0 Å². The molecular weight excluding hydrogens is 615 g/mol. The number of carboxylic acids is 1. The van der Waals surface area contributed by atoms with Crippen LogP contribution in [0.3, 0.4) is 0 Å². The number of hydrogen-bond acceptors (Lipinski definition) is 4. The van der Waals surface area contributed by atoms with E-state index in [9.17, 15) is 15.2 Å². The largest absolute Gasteiger partial charge is 0.480 e. The van der Waals surface area contributed by atoms with Gasteiger partial charge in [-0.05, 0) is 172 Å². The van der Waals surface area contributed by atoms with Gasteiger partial charge in [-0.3, -0.25) is 4.79 Å². The molecule has 0 aromatic carbocycles. The van der Waals surface area contributed by atoms with Crippen molar-refractivity contribution in [3.63, 3.8) is 0 Å². The molecule has 0 heterocycles. The summed E-state index contributed by atoms with van der Waals surface area (Å²) in [6.45, 7) is 29.4. The lowest BCUT2D eigenvalue weighted by Crippen LogP contribution is -2.68. The number of nitriles is 1. The Bertz CT molecular complexity index is 1430. The lowest BCUT2D eigenvalue weighted by atomic mass is 9.33. The van der Waals surface area contributed by atoms with Crippen LogP contribution in [0.2, 0.25) is 0 Å². The number of carbonyl (C=O) groups is 1. The second-order valence-electron chi connectivity index (χ2n) is 19.6. The van der Waals surface area contributed by atoms with E-state index in [1.807, 2.05) is 0 Å². The minimum absolute atomic E-state index is 0.0271. The van der Waals surface area contributed by atoms with Crippen molar-refractivity contribution in [1.29, 1.82) is 5.26 Å². The first-order valence-corrected chi connectivity index (χ1v) is 20.8. The SMILES string of the molecule is C=C(C)[C@@H]1CC[C@]2(NCCN(CCC)CCC)CC[C@]3(C)[C@H](CC[C@@H]4[C@@]5(C)CC=C(C6=CCC(C#N)(C(=O)O)CC6)C(C)(C)[C@@H]5CC[C@]43C)[C@@H]12. The van der Waals surface area contributed by atoms with Gasteiger partial charge in [-0.2, -0.15) is 5.26 Å². The van der Waals surface area contributed by atoms with Crippen molar-refractivity contribution < 1.29 is 9.90 Å². The van der Waals surface area contributed by atoms with Gasteiger partial charge in [0, 0.05) is 18.6 Å². The predicted molar refractivity (Wildman–Crippen MR) is 205 cm³/mol. The van der Waals surface area contributed by atoms with Gasteiger partial charge < -0.3 is 15.3 Å². The number of aliphatic carboxylic acids is 1. The van der Waals surface area contributed by atoms with Crippen molar-refractivity contribution in [1.82, 2.24) is 10.2 Å². The Morgan fingerprint density at radius 2 is 1.64 bits per heavy atom. The van der Waals surface area contributed by atoms with Crippen molar-refractivity contribution in [2.45, 2.75) is 151 Å². The fourth-order valence-electron chi connectivity index (χ4n) is 14.5. The second-order valence-corrected chi connectivity index (χ2v) is 19.6. The molecular formula is C45H71N3O2. The molecule has 278 valence electrons. The highest BCUT2D eigenvalue weighted by molar-refractivity contribution is 5.78. The lowest BCUT2D eigenvalue weighted by Gasteiger charge is -2.72. The molecule has 6 rings (SSSR count). The zero-order valence-corrected chi connectivity index (χ0v) is 33.2. The Balaban J connectivity index is 1.27. The molecule has 4 saturated carbocycles. The van der Waals surface area contributed by atoms with Crippen molar-refractivity contribution in [3.05, 3.63) is 35.5 Å². The highest BCUT2D eigenvalue weighted by atomic mass is 16.4. The van der Waals surface area contributed by atoms with Crippen LogP contribution < -0.4 is 5.32 Å². The number of nitrogens with one attached hydrogen (secondary N) is 1. The predicted octanol–water partition coefficient (Wildman–Crippen LogP) is 10.3. The third-order valence-electron chi connectivity index (χ3n) is 17.1. The molecule has 0 amide bonds. The smallest absolute Gasteiger partial charge is 0.324 e. The number of nitrogens with zero attached hydrogens (tertiary/aromatic N) is 2. The molecule has 0 aromatic heterocycles. The number of allylic oxidation sites excluding steroid dienone is 5. The van der Waals surface area contributed by atoms with Gasteiger partial charge in [0.2, 0.25) is 0 Å². The zero-order valence-electron chi connectivity index (χ0n) is 33.2. The number of rotatable bonds is 11. The van der Waals surface area contributed by atoms with Crippen molar-refractivity contribution in [2.24, 2.45) is 56.7 Å². The molecule has 0 bridgehead atoms. The van der Waals surface area contributed by atoms with Gasteiger partial charge in [0.15, 0.2) is 5.41 Å². The van der Waals surface area contributed by atoms with Crippen LogP contribution >= 0.6 is 0 Å². The zero-order chi connectivity index (χ0) is 36.3. The van der Waals surface area contributed by atoms with Crippen molar-refractivity contribution in [2.75, 3.05) is 26.2 Å². The molecule has 10 atom stereocenters. The Hall–Kier alpha value is -1.90. The second kappa shape index (κ2) is 13.5. The molecule has 0 aromatic rings. The minimum Gasteiger partial charge on any atom is -0.480 e. The fourth-order valence-corrected chi connectivity index (χ4v) is 14.5. The van der Waals surface area contributed by atoms with Crippen LogP contribution in [0, 0.1) is 68.0 Å². The molecule has 4 fully saturated rings. The lowest BCUT2D eigenvalue weighted by molar-refractivity contribution is -0.221. The normalized spacial score (nSPS) is 43.4. The van der Waals surface area contributed by atoms with Crippen LogP contribution in [-0.2, 0) is 4.79 Å². The van der Waals surface area contributed by atoms with Crippen LogP contribution in [-0.4, -0.2) is 47.7 Å². The third kappa shape index (κ3) is 5.63. The molecule has 6 aliphatic rings. The van der Waals surface area contributed by atoms with Gasteiger partial charge in [0.1, 0.15) is 0 Å². The van der Waals surface area contributed by atoms with Gasteiger partial charge in [-0.25, -0.2) is 0 Å². The van der Waals surface area contributed by atoms with E-state index in [1.165, 1.54) is 94.0 Å². The summed E-state index contributed by atoms with van der Waals surface area (Å²) in [6.07, 6.45) is 20.2. The maximum absolute atomic E-state index is 12.0. The first-order valence-electron chi connectivity index (χ1n) is 20.8. The Morgan fingerprint density at radius 3 is 2.24 bits per heavy atom. The Kier molecular flexibility index (Phi) is 10.2. The highest BCUT2D eigenvalue weighted by Crippen LogP contribution is 2.76. The first kappa shape index (κ1) is 37.8. The van der Waals surface area contributed by atoms with Gasteiger partial charge in [0.25, 0.3) is 0 Å². The summed E-state index contributed by atoms with van der Waals surface area (Å²) in [5, 5.41) is 23.9. The average Bonchev–Trinajstić information content (AvgIpc) is 3.45. The molecule has 0 spiro atoms. The number of hydrogen-bond donors (Lipinski definition) is 2. The van der Waals surface area contributed by atoms with E-state index in [1.54, 1.807) is 0 Å². The third-order valence-corrected chi connectivity index (χ3v) is 17.1. The molecule has 5 heteroatoms. The van der Waals surface area contributed by atoms with E-state index >= 15 is 0 Å².